The van der Waals surface area contributed by atoms with Crippen molar-refractivity contribution in [2.24, 2.45) is 0 Å². The zero-order chi connectivity index (χ0) is 24.5. The highest BCUT2D eigenvalue weighted by atomic mass is 16.5. The first-order valence-electron chi connectivity index (χ1n) is 11.2. The summed E-state index contributed by atoms with van der Waals surface area (Å²) in [6.07, 6.45) is 1.50. The molecular weight excluding hydrogens is 444 g/mol. The van der Waals surface area contributed by atoms with Gasteiger partial charge in [-0.1, -0.05) is 60.7 Å². The first kappa shape index (κ1) is 23.8. The number of esters is 2. The van der Waals surface area contributed by atoms with E-state index in [1.165, 1.54) is 0 Å². The highest BCUT2D eigenvalue weighted by Gasteiger charge is 2.29. The number of hydrogen-bond donors (Lipinski definition) is 1. The lowest BCUT2D eigenvalue weighted by atomic mass is 10.1. The maximum atomic E-state index is 13.0. The smallest absolute Gasteiger partial charge is 0.317 e. The van der Waals surface area contributed by atoms with Crippen molar-refractivity contribution in [3.05, 3.63) is 108 Å². The van der Waals surface area contributed by atoms with Crippen LogP contribution in [-0.4, -0.2) is 29.0 Å². The number of carbonyl (C=O) groups excluding carboxylic acids is 2. The average molecular weight is 471 g/mol. The Labute approximate surface area is 203 Å². The topological polar surface area (TPSA) is 90.5 Å². The van der Waals surface area contributed by atoms with E-state index >= 15 is 0 Å². The van der Waals surface area contributed by atoms with Crippen LogP contribution in [0.4, 0.5) is 0 Å². The zero-order valence-corrected chi connectivity index (χ0v) is 19.3. The van der Waals surface area contributed by atoms with Gasteiger partial charge in [-0.25, -0.2) is 4.98 Å². The van der Waals surface area contributed by atoms with Crippen LogP contribution in [0.3, 0.4) is 0 Å². The summed E-state index contributed by atoms with van der Waals surface area (Å²) in [6.45, 7) is 0.224. The molecule has 1 N–H and O–H groups in total. The molecule has 178 valence electrons. The second kappa shape index (κ2) is 11.7. The first-order valence-corrected chi connectivity index (χ1v) is 11.2. The van der Waals surface area contributed by atoms with Crippen LogP contribution in [-0.2, 0) is 32.3 Å². The van der Waals surface area contributed by atoms with Crippen LogP contribution in [0.15, 0.2) is 91.1 Å². The number of aromatic nitrogens is 2. The molecule has 1 aromatic heterocycles. The number of imidazole rings is 1. The van der Waals surface area contributed by atoms with Gasteiger partial charge < -0.3 is 19.2 Å². The van der Waals surface area contributed by atoms with Crippen LogP contribution in [0.25, 0.3) is 11.3 Å². The molecule has 0 saturated carbocycles. The summed E-state index contributed by atoms with van der Waals surface area (Å²) in [7, 11) is 1.60. The number of carbonyl (C=O) groups is 2. The fourth-order valence-corrected chi connectivity index (χ4v) is 3.51. The number of hydrogen-bond acceptors (Lipinski definition) is 6. The number of nitrogens with one attached hydrogen (secondary N) is 1. The Balaban J connectivity index is 1.49. The monoisotopic (exact) mass is 470 g/mol. The lowest BCUT2D eigenvalue weighted by molar-refractivity contribution is -0.153. The van der Waals surface area contributed by atoms with Crippen molar-refractivity contribution in [2.45, 2.75) is 25.6 Å². The Kier molecular flexibility index (Phi) is 7.91. The minimum Gasteiger partial charge on any atom is -0.497 e. The quantitative estimate of drug-likeness (QED) is 0.326. The fourth-order valence-electron chi connectivity index (χ4n) is 3.51. The molecular formula is C28H26N2O5. The van der Waals surface area contributed by atoms with Crippen molar-refractivity contribution in [3.8, 4) is 17.0 Å². The van der Waals surface area contributed by atoms with E-state index < -0.39 is 17.9 Å². The van der Waals surface area contributed by atoms with Crippen LogP contribution >= 0.6 is 0 Å². The van der Waals surface area contributed by atoms with Crippen molar-refractivity contribution in [2.75, 3.05) is 7.11 Å². The molecule has 1 unspecified atom stereocenters. The molecule has 0 bridgehead atoms. The van der Waals surface area contributed by atoms with Gasteiger partial charge in [0.2, 0.25) is 0 Å². The van der Waals surface area contributed by atoms with E-state index in [9.17, 15) is 9.59 Å². The predicted octanol–water partition coefficient (Wildman–Crippen LogP) is 5.05. The van der Waals surface area contributed by atoms with E-state index in [0.29, 0.717) is 11.5 Å². The Morgan fingerprint density at radius 1 is 0.829 bits per heavy atom. The SMILES string of the molecule is COc1ccc(-c2c[nH]c(C(CC(=O)OCc3ccccc3)C(=O)OCc3ccccc3)n2)cc1. The Morgan fingerprint density at radius 2 is 1.43 bits per heavy atom. The van der Waals surface area contributed by atoms with Gasteiger partial charge in [0.1, 0.15) is 30.7 Å². The second-order valence-corrected chi connectivity index (χ2v) is 7.90. The lowest BCUT2D eigenvalue weighted by Gasteiger charge is -2.14. The van der Waals surface area contributed by atoms with Gasteiger partial charge in [0, 0.05) is 11.8 Å². The molecule has 0 radical (unpaired) electrons. The number of ether oxygens (including phenoxy) is 3. The van der Waals surface area contributed by atoms with Crippen LogP contribution in [0, 0.1) is 0 Å². The van der Waals surface area contributed by atoms with Gasteiger partial charge in [0.15, 0.2) is 0 Å². The molecule has 35 heavy (non-hydrogen) atoms. The Morgan fingerprint density at radius 3 is 2.03 bits per heavy atom. The molecule has 1 atom stereocenters. The Bertz CT molecular complexity index is 1240. The largest absolute Gasteiger partial charge is 0.497 e. The Hall–Kier alpha value is -4.39. The van der Waals surface area contributed by atoms with Crippen molar-refractivity contribution in [3.63, 3.8) is 0 Å². The number of methoxy groups -OCH3 is 1. The summed E-state index contributed by atoms with van der Waals surface area (Å²) < 4.78 is 16.1. The van der Waals surface area contributed by atoms with Gasteiger partial charge >= 0.3 is 11.9 Å². The predicted molar refractivity (Wildman–Crippen MR) is 130 cm³/mol. The molecule has 0 aliphatic heterocycles. The van der Waals surface area contributed by atoms with Crippen LogP contribution in [0.5, 0.6) is 5.75 Å². The molecule has 0 aliphatic carbocycles. The maximum Gasteiger partial charge on any atom is 0.317 e. The summed E-state index contributed by atoms with van der Waals surface area (Å²) in [4.78, 5) is 33.3. The highest BCUT2D eigenvalue weighted by molar-refractivity contribution is 5.84. The molecule has 7 nitrogen and oxygen atoms in total. The van der Waals surface area contributed by atoms with Gasteiger partial charge in [0.25, 0.3) is 0 Å². The van der Waals surface area contributed by atoms with E-state index in [1.807, 2.05) is 84.9 Å². The van der Waals surface area contributed by atoms with Crippen LogP contribution < -0.4 is 4.74 Å². The van der Waals surface area contributed by atoms with E-state index in [2.05, 4.69) is 9.97 Å². The number of nitrogens with zero attached hydrogens (tertiary/aromatic N) is 1. The second-order valence-electron chi connectivity index (χ2n) is 7.90. The van der Waals surface area contributed by atoms with Gasteiger partial charge in [0.05, 0.1) is 19.2 Å². The summed E-state index contributed by atoms with van der Waals surface area (Å²) in [6, 6.07) is 26.1. The standard InChI is InChI=1S/C28H26N2O5/c1-33-23-14-12-22(13-15-23)25-17-29-27(30-25)24(28(32)35-19-21-10-6-3-7-11-21)16-26(31)34-18-20-8-4-2-5-9-20/h2-15,17,24H,16,18-19H2,1H3,(H,29,30). The van der Waals surface area contributed by atoms with E-state index in [-0.39, 0.29) is 19.6 Å². The normalized spacial score (nSPS) is 11.5. The molecule has 4 rings (SSSR count). The van der Waals surface area contributed by atoms with Gasteiger partial charge in [-0.3, -0.25) is 9.59 Å². The third kappa shape index (κ3) is 6.57. The molecule has 0 saturated heterocycles. The summed E-state index contributed by atoms with van der Waals surface area (Å²) in [5.74, 6) is -0.938. The van der Waals surface area contributed by atoms with E-state index in [4.69, 9.17) is 14.2 Å². The highest BCUT2D eigenvalue weighted by Crippen LogP contribution is 2.26. The van der Waals surface area contributed by atoms with Crippen LogP contribution in [0.2, 0.25) is 0 Å². The maximum absolute atomic E-state index is 13.0. The first-order chi connectivity index (χ1) is 17.1. The molecule has 3 aromatic carbocycles. The third-order valence-electron chi connectivity index (χ3n) is 5.44. The van der Waals surface area contributed by atoms with E-state index in [1.54, 1.807) is 13.3 Å². The summed E-state index contributed by atoms with van der Waals surface area (Å²) >= 11 is 0. The van der Waals surface area contributed by atoms with Crippen molar-refractivity contribution < 1.29 is 23.8 Å². The molecule has 7 heteroatoms. The minimum absolute atomic E-state index is 0.0985. The molecule has 0 amide bonds. The van der Waals surface area contributed by atoms with Crippen LogP contribution in [0.1, 0.15) is 29.3 Å². The van der Waals surface area contributed by atoms with Gasteiger partial charge in [-0.15, -0.1) is 0 Å². The average Bonchev–Trinajstić information content (AvgIpc) is 3.40. The number of rotatable bonds is 10. The number of H-pyrrole nitrogens is 1. The third-order valence-corrected chi connectivity index (χ3v) is 5.44. The number of benzene rings is 3. The zero-order valence-electron chi connectivity index (χ0n) is 19.3. The van der Waals surface area contributed by atoms with Gasteiger partial charge in [-0.05, 0) is 35.4 Å². The lowest BCUT2D eigenvalue weighted by Crippen LogP contribution is -2.21. The molecule has 0 fully saturated rings. The summed E-state index contributed by atoms with van der Waals surface area (Å²) in [5.41, 5.74) is 3.20. The minimum atomic E-state index is -0.936. The fraction of sp³-hybridized carbons (Fsp3) is 0.179. The van der Waals surface area contributed by atoms with E-state index in [0.717, 1.165) is 22.4 Å². The van der Waals surface area contributed by atoms with Crippen molar-refractivity contribution >= 4 is 11.9 Å². The molecule has 4 aromatic rings. The molecule has 0 spiro atoms. The van der Waals surface area contributed by atoms with Gasteiger partial charge in [-0.2, -0.15) is 0 Å². The van der Waals surface area contributed by atoms with Crippen molar-refractivity contribution in [1.29, 1.82) is 0 Å². The van der Waals surface area contributed by atoms with Crippen molar-refractivity contribution in [1.82, 2.24) is 9.97 Å². The summed E-state index contributed by atoms with van der Waals surface area (Å²) in [5, 5.41) is 0. The molecule has 0 aliphatic rings. The molecule has 1 heterocycles. The number of aromatic amines is 1.